The molecule has 0 aliphatic carbocycles. The van der Waals surface area contributed by atoms with Crippen molar-refractivity contribution in [1.29, 1.82) is 0 Å². The Kier molecular flexibility index (Phi) is 5.35. The molecule has 1 aliphatic rings. The van der Waals surface area contributed by atoms with Crippen LogP contribution in [0.15, 0.2) is 53.6 Å². The van der Waals surface area contributed by atoms with E-state index in [2.05, 4.69) is 4.98 Å². The average molecular weight is 404 g/mol. The molecule has 2 aromatic carbocycles. The molecule has 154 valence electrons. The Bertz CT molecular complexity index is 1180. The van der Waals surface area contributed by atoms with Gasteiger partial charge in [-0.1, -0.05) is 36.4 Å². The monoisotopic (exact) mass is 404 g/mol. The van der Waals surface area contributed by atoms with Crippen LogP contribution in [0.5, 0.6) is 0 Å². The van der Waals surface area contributed by atoms with Crippen LogP contribution < -0.4 is 11.3 Å². The number of aryl methyl sites for hydroxylation is 2. The Morgan fingerprint density at radius 3 is 2.67 bits per heavy atom. The molecule has 0 spiro atoms. The van der Waals surface area contributed by atoms with Crippen molar-refractivity contribution in [2.45, 2.75) is 45.3 Å². The number of hydrogen-bond donors (Lipinski definition) is 1. The molecule has 7 nitrogen and oxygen atoms in total. The Morgan fingerprint density at radius 2 is 1.90 bits per heavy atom. The van der Waals surface area contributed by atoms with Gasteiger partial charge in [-0.3, -0.25) is 19.0 Å². The number of nitrogens with two attached hydrogens (primary N) is 1. The molecule has 3 aromatic rings. The van der Waals surface area contributed by atoms with Crippen molar-refractivity contribution in [1.82, 2.24) is 14.5 Å². The normalized spacial score (nSPS) is 15.8. The van der Waals surface area contributed by atoms with Crippen molar-refractivity contribution in [3.8, 4) is 0 Å². The van der Waals surface area contributed by atoms with Gasteiger partial charge < -0.3 is 10.6 Å². The first-order valence-electron chi connectivity index (χ1n) is 10.1. The largest absolute Gasteiger partial charge is 0.368 e. The smallest absolute Gasteiger partial charge is 0.261 e. The zero-order valence-corrected chi connectivity index (χ0v) is 16.9. The van der Waals surface area contributed by atoms with Crippen LogP contribution >= 0.6 is 0 Å². The first-order chi connectivity index (χ1) is 14.5. The minimum absolute atomic E-state index is 0.113. The number of carbonyl (C=O) groups excluding carboxylic acids is 2. The third-order valence-corrected chi connectivity index (χ3v) is 5.74. The van der Waals surface area contributed by atoms with E-state index in [4.69, 9.17) is 5.73 Å². The minimum Gasteiger partial charge on any atom is -0.368 e. The van der Waals surface area contributed by atoms with E-state index in [9.17, 15) is 14.4 Å². The molecule has 7 heteroatoms. The maximum atomic E-state index is 12.9. The molecule has 2 N–H and O–H groups in total. The average Bonchev–Trinajstić information content (AvgIpc) is 2.74. The Balaban J connectivity index is 1.46. The van der Waals surface area contributed by atoms with E-state index in [0.717, 1.165) is 16.7 Å². The number of primary amides is 1. The van der Waals surface area contributed by atoms with Crippen LogP contribution in [-0.4, -0.2) is 32.3 Å². The minimum atomic E-state index is -0.638. The molecule has 2 heterocycles. The fraction of sp³-hybridized carbons (Fsp3) is 0.304. The number of rotatable bonds is 5. The van der Waals surface area contributed by atoms with E-state index in [1.54, 1.807) is 11.0 Å². The third kappa shape index (κ3) is 3.70. The first kappa shape index (κ1) is 19.8. The SMILES string of the molecule is Cc1cccc2c(=O)n(CCCC(=O)N3Cc4ccccc4CC3C(N)=O)cnc12. The van der Waals surface area contributed by atoms with Crippen LogP contribution in [0.2, 0.25) is 0 Å². The number of para-hydroxylation sites is 1. The van der Waals surface area contributed by atoms with Crippen LogP contribution in [-0.2, 0) is 29.1 Å². The Hall–Kier alpha value is -3.48. The summed E-state index contributed by atoms with van der Waals surface area (Å²) in [4.78, 5) is 43.5. The van der Waals surface area contributed by atoms with Crippen LogP contribution in [0.4, 0.5) is 0 Å². The lowest BCUT2D eigenvalue weighted by atomic mass is 9.93. The molecule has 1 atom stereocenters. The van der Waals surface area contributed by atoms with Gasteiger partial charge in [0.05, 0.1) is 17.2 Å². The molecule has 0 saturated heterocycles. The second kappa shape index (κ2) is 8.10. The third-order valence-electron chi connectivity index (χ3n) is 5.74. The lowest BCUT2D eigenvalue weighted by molar-refractivity contribution is -0.140. The van der Waals surface area contributed by atoms with Crippen LogP contribution in [0, 0.1) is 6.92 Å². The summed E-state index contributed by atoms with van der Waals surface area (Å²) >= 11 is 0. The molecular formula is C23H24N4O3. The molecule has 4 rings (SSSR count). The van der Waals surface area contributed by atoms with Gasteiger partial charge in [0.1, 0.15) is 6.04 Å². The van der Waals surface area contributed by atoms with Crippen molar-refractivity contribution in [2.75, 3.05) is 0 Å². The summed E-state index contributed by atoms with van der Waals surface area (Å²) in [6, 6.07) is 12.7. The molecule has 1 aromatic heterocycles. The zero-order valence-electron chi connectivity index (χ0n) is 16.9. The van der Waals surface area contributed by atoms with Crippen molar-refractivity contribution in [2.24, 2.45) is 5.73 Å². The number of amides is 2. The highest BCUT2D eigenvalue weighted by molar-refractivity contribution is 5.87. The molecular weight excluding hydrogens is 380 g/mol. The fourth-order valence-electron chi connectivity index (χ4n) is 4.08. The summed E-state index contributed by atoms with van der Waals surface area (Å²) in [5.74, 6) is -0.630. The quantitative estimate of drug-likeness (QED) is 0.702. The number of benzene rings is 2. The van der Waals surface area contributed by atoms with Crippen molar-refractivity contribution < 1.29 is 9.59 Å². The van der Waals surface area contributed by atoms with Gasteiger partial charge in [-0.25, -0.2) is 4.98 Å². The van der Waals surface area contributed by atoms with Crippen molar-refractivity contribution in [3.05, 3.63) is 75.8 Å². The van der Waals surface area contributed by atoms with Gasteiger partial charge in [0, 0.05) is 25.9 Å². The summed E-state index contributed by atoms with van der Waals surface area (Å²) in [6.07, 6.45) is 2.67. The number of hydrogen-bond acceptors (Lipinski definition) is 4. The molecule has 0 bridgehead atoms. The maximum absolute atomic E-state index is 12.9. The summed E-state index contributed by atoms with van der Waals surface area (Å²) in [5, 5.41) is 0.574. The summed E-state index contributed by atoms with van der Waals surface area (Å²) in [6.45, 7) is 2.68. The maximum Gasteiger partial charge on any atom is 0.261 e. The highest BCUT2D eigenvalue weighted by Gasteiger charge is 2.32. The molecule has 2 amide bonds. The van der Waals surface area contributed by atoms with Crippen LogP contribution in [0.1, 0.15) is 29.5 Å². The molecule has 1 aliphatic heterocycles. The Labute approximate surface area is 174 Å². The lowest BCUT2D eigenvalue weighted by Crippen LogP contribution is -2.51. The van der Waals surface area contributed by atoms with Gasteiger partial charge in [0.2, 0.25) is 11.8 Å². The molecule has 0 saturated carbocycles. The van der Waals surface area contributed by atoms with Gasteiger partial charge in [-0.15, -0.1) is 0 Å². The number of fused-ring (bicyclic) bond motifs is 2. The molecule has 30 heavy (non-hydrogen) atoms. The lowest BCUT2D eigenvalue weighted by Gasteiger charge is -2.35. The second-order valence-corrected chi connectivity index (χ2v) is 7.73. The van der Waals surface area contributed by atoms with E-state index >= 15 is 0 Å². The first-order valence-corrected chi connectivity index (χ1v) is 10.1. The molecule has 0 radical (unpaired) electrons. The van der Waals surface area contributed by atoms with Crippen molar-refractivity contribution >= 4 is 22.7 Å². The van der Waals surface area contributed by atoms with Gasteiger partial charge >= 0.3 is 0 Å². The number of aromatic nitrogens is 2. The summed E-state index contributed by atoms with van der Waals surface area (Å²) < 4.78 is 1.53. The highest BCUT2D eigenvalue weighted by atomic mass is 16.2. The van der Waals surface area contributed by atoms with Crippen LogP contribution in [0.3, 0.4) is 0 Å². The van der Waals surface area contributed by atoms with Gasteiger partial charge in [0.15, 0.2) is 0 Å². The van der Waals surface area contributed by atoms with Crippen molar-refractivity contribution in [3.63, 3.8) is 0 Å². The second-order valence-electron chi connectivity index (χ2n) is 7.73. The summed E-state index contributed by atoms with van der Waals surface area (Å²) in [5.41, 5.74) is 9.20. The Morgan fingerprint density at radius 1 is 1.13 bits per heavy atom. The zero-order chi connectivity index (χ0) is 21.3. The number of carbonyl (C=O) groups is 2. The molecule has 0 fully saturated rings. The number of nitrogens with zero attached hydrogens (tertiary/aromatic N) is 3. The van der Waals surface area contributed by atoms with Gasteiger partial charge in [-0.05, 0) is 36.1 Å². The topological polar surface area (TPSA) is 98.3 Å². The highest BCUT2D eigenvalue weighted by Crippen LogP contribution is 2.24. The predicted octanol–water partition coefficient (Wildman–Crippen LogP) is 1.92. The fourth-order valence-corrected chi connectivity index (χ4v) is 4.08. The van der Waals surface area contributed by atoms with Gasteiger partial charge in [-0.2, -0.15) is 0 Å². The molecule has 1 unspecified atom stereocenters. The van der Waals surface area contributed by atoms with E-state index in [-0.39, 0.29) is 17.9 Å². The van der Waals surface area contributed by atoms with E-state index in [0.29, 0.717) is 36.8 Å². The predicted molar refractivity (Wildman–Crippen MR) is 114 cm³/mol. The van der Waals surface area contributed by atoms with E-state index in [1.165, 1.54) is 10.9 Å². The van der Waals surface area contributed by atoms with Crippen LogP contribution in [0.25, 0.3) is 10.9 Å². The summed E-state index contributed by atoms with van der Waals surface area (Å²) in [7, 11) is 0. The van der Waals surface area contributed by atoms with E-state index in [1.807, 2.05) is 43.3 Å². The standard InChI is InChI=1S/C23H24N4O3/c1-15-6-4-9-18-21(15)25-14-26(23(18)30)11-5-10-20(28)27-13-17-8-3-2-7-16(17)12-19(27)22(24)29/h2-4,6-9,14,19H,5,10-13H2,1H3,(H2,24,29). The van der Waals surface area contributed by atoms with E-state index < -0.39 is 11.9 Å². The van der Waals surface area contributed by atoms with Gasteiger partial charge in [0.25, 0.3) is 5.56 Å².